The molecule has 0 radical (unpaired) electrons. The Morgan fingerprint density at radius 3 is 2.85 bits per heavy atom. The number of aryl methyl sites for hydroxylation is 1. The first-order valence-corrected chi connectivity index (χ1v) is 7.79. The number of rotatable bonds is 5. The van der Waals surface area contributed by atoms with Gasteiger partial charge in [-0.25, -0.2) is 0 Å². The maximum atomic E-state index is 5.84. The zero-order valence-electron chi connectivity index (χ0n) is 11.2. The summed E-state index contributed by atoms with van der Waals surface area (Å²) < 4.78 is 5.84. The van der Waals surface area contributed by atoms with Crippen molar-refractivity contribution in [1.29, 1.82) is 0 Å². The Kier molecular flexibility index (Phi) is 4.06. The lowest BCUT2D eigenvalue weighted by Gasteiger charge is -2.08. The van der Waals surface area contributed by atoms with Crippen LogP contribution in [-0.2, 0) is 6.42 Å². The van der Waals surface area contributed by atoms with Crippen LogP contribution in [0.2, 0.25) is 0 Å². The van der Waals surface area contributed by atoms with Gasteiger partial charge in [0.25, 0.3) is 0 Å². The average molecular weight is 287 g/mol. The lowest BCUT2D eigenvalue weighted by Crippen LogP contribution is -2.15. The molecule has 2 aliphatic heterocycles. The maximum Gasteiger partial charge on any atom is 0.180 e. The second-order valence-electron chi connectivity index (χ2n) is 4.85. The molecular weight excluding hydrogens is 270 g/mol. The molecule has 0 fully saturated rings. The monoisotopic (exact) mass is 287 g/mol. The Labute approximate surface area is 122 Å². The second-order valence-corrected chi connectivity index (χ2v) is 5.84. The minimum Gasteiger partial charge on any atom is -0.461 e. The summed E-state index contributed by atoms with van der Waals surface area (Å²) in [6.07, 6.45) is 4.15. The van der Waals surface area contributed by atoms with Crippen molar-refractivity contribution in [3.05, 3.63) is 36.1 Å². The highest BCUT2D eigenvalue weighted by Crippen LogP contribution is 2.24. The fraction of sp³-hybridized carbons (Fsp3) is 0.333. The number of hydrogen-bond acceptors (Lipinski definition) is 5. The number of nitrogens with two attached hydrogens (primary N) is 1. The first-order chi connectivity index (χ1) is 9.81. The van der Waals surface area contributed by atoms with Gasteiger partial charge >= 0.3 is 0 Å². The Morgan fingerprint density at radius 1 is 1.10 bits per heavy atom. The van der Waals surface area contributed by atoms with Crippen LogP contribution in [0, 0.1) is 0 Å². The molecule has 1 aliphatic carbocycles. The third-order valence-electron chi connectivity index (χ3n) is 3.31. The predicted octanol–water partition coefficient (Wildman–Crippen LogP) is 3.51. The standard InChI is InChI=1S/C15H17N3OS/c16-15-18-17-12(10-20-15)5-1-2-6-13-9-8-11-4-3-7-14(11)19-13/h3-4,7-9H,1-2,5-6,10H2,(H2,16,18). The third-order valence-corrected chi connectivity index (χ3v) is 4.17. The molecule has 0 bridgehead atoms. The number of unbranched alkanes of at least 4 members (excludes halogenated alkanes) is 1. The summed E-state index contributed by atoms with van der Waals surface area (Å²) in [5.41, 5.74) is 7.85. The molecule has 0 aromatic rings. The Balaban J connectivity index is 1.47. The van der Waals surface area contributed by atoms with Crippen molar-refractivity contribution >= 4 is 22.6 Å². The molecule has 20 heavy (non-hydrogen) atoms. The normalized spacial score (nSPS) is 15.2. The van der Waals surface area contributed by atoms with Crippen LogP contribution in [0.25, 0.3) is 11.3 Å². The topological polar surface area (TPSA) is 63.9 Å². The first kappa shape index (κ1) is 13.2. The molecule has 3 aliphatic rings. The van der Waals surface area contributed by atoms with Gasteiger partial charge in [0.1, 0.15) is 11.5 Å². The summed E-state index contributed by atoms with van der Waals surface area (Å²) in [7, 11) is 0. The van der Waals surface area contributed by atoms with Gasteiger partial charge in [0.2, 0.25) is 0 Å². The molecule has 2 N–H and O–H groups in total. The zero-order chi connectivity index (χ0) is 13.8. The lowest BCUT2D eigenvalue weighted by atomic mass is 10.1. The number of nitrogens with zero attached hydrogens (tertiary/aromatic N) is 2. The maximum absolute atomic E-state index is 5.84. The molecule has 0 aromatic heterocycles. The lowest BCUT2D eigenvalue weighted by molar-refractivity contribution is 0.496. The Morgan fingerprint density at radius 2 is 2.00 bits per heavy atom. The quantitative estimate of drug-likeness (QED) is 0.856. The van der Waals surface area contributed by atoms with Crippen molar-refractivity contribution in [3.8, 4) is 11.3 Å². The van der Waals surface area contributed by atoms with Gasteiger partial charge in [0.15, 0.2) is 5.17 Å². The molecule has 2 heterocycles. The van der Waals surface area contributed by atoms with Gasteiger partial charge in [0, 0.05) is 17.7 Å². The summed E-state index contributed by atoms with van der Waals surface area (Å²) >= 11 is 1.56. The smallest absolute Gasteiger partial charge is 0.180 e. The van der Waals surface area contributed by atoms with E-state index in [0.29, 0.717) is 5.17 Å². The van der Waals surface area contributed by atoms with E-state index >= 15 is 0 Å². The third kappa shape index (κ3) is 3.22. The van der Waals surface area contributed by atoms with Gasteiger partial charge in [-0.3, -0.25) is 0 Å². The molecule has 0 unspecified atom stereocenters. The molecule has 0 amide bonds. The van der Waals surface area contributed by atoms with Crippen LogP contribution < -0.4 is 5.73 Å². The molecule has 0 spiro atoms. The second kappa shape index (κ2) is 6.13. The van der Waals surface area contributed by atoms with E-state index in [9.17, 15) is 0 Å². The predicted molar refractivity (Wildman–Crippen MR) is 84.4 cm³/mol. The first-order valence-electron chi connectivity index (χ1n) is 6.80. The highest BCUT2D eigenvalue weighted by Gasteiger charge is 2.08. The highest BCUT2D eigenvalue weighted by molar-refractivity contribution is 8.14. The van der Waals surface area contributed by atoms with E-state index in [-0.39, 0.29) is 0 Å². The van der Waals surface area contributed by atoms with Crippen molar-refractivity contribution < 1.29 is 4.42 Å². The van der Waals surface area contributed by atoms with Gasteiger partial charge in [-0.1, -0.05) is 23.9 Å². The van der Waals surface area contributed by atoms with Gasteiger partial charge < -0.3 is 10.2 Å². The molecule has 5 heteroatoms. The average Bonchev–Trinajstić information content (AvgIpc) is 2.93. The van der Waals surface area contributed by atoms with Gasteiger partial charge in [-0.05, 0) is 37.5 Å². The summed E-state index contributed by atoms with van der Waals surface area (Å²) in [6, 6.07) is 10.3. The van der Waals surface area contributed by atoms with Crippen LogP contribution in [-0.4, -0.2) is 16.6 Å². The van der Waals surface area contributed by atoms with Crippen LogP contribution in [0.15, 0.2) is 45.0 Å². The van der Waals surface area contributed by atoms with Crippen LogP contribution in [0.1, 0.15) is 25.0 Å². The van der Waals surface area contributed by atoms with Crippen molar-refractivity contribution in [1.82, 2.24) is 0 Å². The Bertz CT molecular complexity index is 617. The van der Waals surface area contributed by atoms with E-state index in [2.05, 4.69) is 28.4 Å². The molecule has 4 nitrogen and oxygen atoms in total. The number of amidine groups is 1. The molecule has 0 saturated heterocycles. The molecular formula is C15H17N3OS. The van der Waals surface area contributed by atoms with E-state index in [0.717, 1.165) is 54.2 Å². The number of fused-ring (bicyclic) bond motifs is 1. The van der Waals surface area contributed by atoms with Gasteiger partial charge in [-0.15, -0.1) is 5.10 Å². The minimum absolute atomic E-state index is 0.565. The van der Waals surface area contributed by atoms with Crippen molar-refractivity contribution in [2.24, 2.45) is 15.9 Å². The van der Waals surface area contributed by atoms with Crippen LogP contribution >= 0.6 is 11.8 Å². The van der Waals surface area contributed by atoms with E-state index in [1.165, 1.54) is 0 Å². The summed E-state index contributed by atoms with van der Waals surface area (Å²) in [6.45, 7) is 0. The molecule has 0 aromatic carbocycles. The fourth-order valence-electron chi connectivity index (χ4n) is 2.23. The zero-order valence-corrected chi connectivity index (χ0v) is 12.0. The van der Waals surface area contributed by atoms with Gasteiger partial charge in [0.05, 0.1) is 5.71 Å². The van der Waals surface area contributed by atoms with E-state index in [1.54, 1.807) is 11.8 Å². The van der Waals surface area contributed by atoms with Crippen LogP contribution in [0.3, 0.4) is 0 Å². The fourth-order valence-corrected chi connectivity index (χ4v) is 2.84. The van der Waals surface area contributed by atoms with Crippen molar-refractivity contribution in [2.75, 3.05) is 5.75 Å². The molecule has 3 rings (SSSR count). The van der Waals surface area contributed by atoms with Crippen LogP contribution in [0.5, 0.6) is 0 Å². The molecule has 104 valence electrons. The van der Waals surface area contributed by atoms with Crippen molar-refractivity contribution in [2.45, 2.75) is 25.7 Å². The van der Waals surface area contributed by atoms with Crippen molar-refractivity contribution in [3.63, 3.8) is 0 Å². The SMILES string of the molecule is NC1=NN=C(CCCCc2ccc3cccc-3o2)CS1. The summed E-state index contributed by atoms with van der Waals surface area (Å²) in [5, 5.41) is 8.59. The summed E-state index contributed by atoms with van der Waals surface area (Å²) in [5.74, 6) is 2.89. The van der Waals surface area contributed by atoms with Crippen LogP contribution in [0.4, 0.5) is 0 Å². The highest BCUT2D eigenvalue weighted by atomic mass is 32.2. The number of hydrogen-bond donors (Lipinski definition) is 1. The minimum atomic E-state index is 0.565. The summed E-state index contributed by atoms with van der Waals surface area (Å²) in [4.78, 5) is 0. The Hall–Kier alpha value is -1.75. The largest absolute Gasteiger partial charge is 0.461 e. The number of thioether (sulfide) groups is 1. The van der Waals surface area contributed by atoms with E-state index in [1.807, 2.05) is 12.1 Å². The van der Waals surface area contributed by atoms with Gasteiger partial charge in [-0.2, -0.15) is 5.10 Å². The molecule has 0 atom stereocenters. The molecule has 0 saturated carbocycles. The van der Waals surface area contributed by atoms with E-state index < -0.39 is 0 Å². The van der Waals surface area contributed by atoms with E-state index in [4.69, 9.17) is 10.2 Å².